The monoisotopic (exact) mass is 336 g/mol. The molecular formula is C17H16N6O2. The Balaban J connectivity index is 1.88. The Morgan fingerprint density at radius 1 is 1.28 bits per heavy atom. The third-order valence-electron chi connectivity index (χ3n) is 3.97. The SMILES string of the molecule is CCCNC(=O)n1ncc2c3nn(-c4ccccc4)c(=O)c-3c[nH]c21. The number of aromatic nitrogens is 5. The summed E-state index contributed by atoms with van der Waals surface area (Å²) in [7, 11) is 0. The molecule has 4 rings (SSSR count). The first-order valence-corrected chi connectivity index (χ1v) is 8.02. The van der Waals surface area contributed by atoms with Crippen molar-refractivity contribution < 1.29 is 4.79 Å². The predicted octanol–water partition coefficient (Wildman–Crippen LogP) is 1.98. The first-order valence-electron chi connectivity index (χ1n) is 8.02. The zero-order chi connectivity index (χ0) is 17.4. The minimum absolute atomic E-state index is 0.220. The Labute approximate surface area is 142 Å². The largest absolute Gasteiger partial charge is 0.345 e. The first kappa shape index (κ1) is 15.1. The third-order valence-corrected chi connectivity index (χ3v) is 3.97. The number of nitrogens with zero attached hydrogens (tertiary/aromatic N) is 4. The van der Waals surface area contributed by atoms with E-state index in [0.29, 0.717) is 34.5 Å². The average molecular weight is 336 g/mol. The molecule has 1 aromatic carbocycles. The van der Waals surface area contributed by atoms with E-state index in [0.717, 1.165) is 6.42 Å². The number of H-pyrrole nitrogens is 1. The van der Waals surface area contributed by atoms with Gasteiger partial charge in [0.05, 0.1) is 22.8 Å². The lowest BCUT2D eigenvalue weighted by Gasteiger charge is -2.04. The van der Waals surface area contributed by atoms with Crippen molar-refractivity contribution in [2.75, 3.05) is 6.54 Å². The van der Waals surface area contributed by atoms with Crippen molar-refractivity contribution in [1.29, 1.82) is 0 Å². The summed E-state index contributed by atoms with van der Waals surface area (Å²) in [5, 5.41) is 12.0. The molecule has 1 amide bonds. The van der Waals surface area contributed by atoms with Crippen molar-refractivity contribution in [3.05, 3.63) is 53.1 Å². The minimum atomic E-state index is -0.322. The van der Waals surface area contributed by atoms with Gasteiger partial charge in [-0.3, -0.25) is 4.79 Å². The van der Waals surface area contributed by atoms with Crippen LogP contribution in [-0.2, 0) is 0 Å². The van der Waals surface area contributed by atoms with Gasteiger partial charge in [0, 0.05) is 12.7 Å². The zero-order valence-corrected chi connectivity index (χ0v) is 13.6. The molecule has 0 aliphatic carbocycles. The molecule has 2 N–H and O–H groups in total. The number of aromatic amines is 1. The lowest BCUT2D eigenvalue weighted by atomic mass is 10.2. The van der Waals surface area contributed by atoms with Crippen molar-refractivity contribution in [2.24, 2.45) is 0 Å². The van der Waals surface area contributed by atoms with E-state index < -0.39 is 0 Å². The van der Waals surface area contributed by atoms with Crippen LogP contribution < -0.4 is 10.9 Å². The highest BCUT2D eigenvalue weighted by molar-refractivity contribution is 5.95. The smallest absolute Gasteiger partial charge is 0.344 e. The first-order chi connectivity index (χ1) is 12.2. The second-order valence-electron chi connectivity index (χ2n) is 5.65. The van der Waals surface area contributed by atoms with Crippen LogP contribution in [0.4, 0.5) is 4.79 Å². The summed E-state index contributed by atoms with van der Waals surface area (Å²) >= 11 is 0. The van der Waals surface area contributed by atoms with Gasteiger partial charge in [-0.1, -0.05) is 25.1 Å². The van der Waals surface area contributed by atoms with Crippen molar-refractivity contribution in [3.8, 4) is 16.9 Å². The zero-order valence-electron chi connectivity index (χ0n) is 13.6. The molecule has 2 aromatic rings. The van der Waals surface area contributed by atoms with Gasteiger partial charge in [-0.2, -0.15) is 19.6 Å². The van der Waals surface area contributed by atoms with Crippen LogP contribution in [0.15, 0.2) is 47.5 Å². The molecule has 0 spiro atoms. The molecule has 8 heteroatoms. The van der Waals surface area contributed by atoms with Crippen molar-refractivity contribution in [2.45, 2.75) is 13.3 Å². The molecule has 3 heterocycles. The summed E-state index contributed by atoms with van der Waals surface area (Å²) in [6.45, 7) is 2.54. The van der Waals surface area contributed by atoms with Crippen LogP contribution in [-0.4, -0.2) is 37.1 Å². The molecule has 25 heavy (non-hydrogen) atoms. The minimum Gasteiger partial charge on any atom is -0.345 e. The number of pyridine rings is 1. The fourth-order valence-corrected chi connectivity index (χ4v) is 2.75. The van der Waals surface area contributed by atoms with Crippen LogP contribution in [0, 0.1) is 0 Å². The Morgan fingerprint density at radius 2 is 2.08 bits per heavy atom. The van der Waals surface area contributed by atoms with Crippen molar-refractivity contribution in [1.82, 2.24) is 29.9 Å². The highest BCUT2D eigenvalue weighted by Gasteiger charge is 2.22. The van der Waals surface area contributed by atoms with E-state index in [1.165, 1.54) is 9.36 Å². The van der Waals surface area contributed by atoms with Crippen LogP contribution in [0.1, 0.15) is 13.3 Å². The van der Waals surface area contributed by atoms with Gasteiger partial charge in [-0.15, -0.1) is 0 Å². The molecule has 0 atom stereocenters. The molecule has 0 bridgehead atoms. The highest BCUT2D eigenvalue weighted by Crippen LogP contribution is 2.25. The molecule has 0 fully saturated rings. The molecule has 0 unspecified atom stereocenters. The van der Waals surface area contributed by atoms with Gasteiger partial charge in [0.25, 0.3) is 5.56 Å². The summed E-state index contributed by atoms with van der Waals surface area (Å²) in [6.07, 6.45) is 3.94. The molecule has 0 saturated carbocycles. The van der Waals surface area contributed by atoms with Gasteiger partial charge < -0.3 is 10.3 Å². The lowest BCUT2D eigenvalue weighted by molar-refractivity contribution is 0.240. The van der Waals surface area contributed by atoms with E-state index in [1.807, 2.05) is 37.3 Å². The molecule has 0 radical (unpaired) electrons. The number of para-hydroxylation sites is 1. The van der Waals surface area contributed by atoms with Crippen LogP contribution >= 0.6 is 0 Å². The number of hydrogen-bond donors (Lipinski definition) is 2. The number of carbonyl (C=O) groups excluding carboxylic acids is 1. The fourth-order valence-electron chi connectivity index (χ4n) is 2.75. The molecule has 8 nitrogen and oxygen atoms in total. The Hall–Kier alpha value is -3.42. The molecule has 0 saturated heterocycles. The van der Waals surface area contributed by atoms with Gasteiger partial charge >= 0.3 is 6.03 Å². The van der Waals surface area contributed by atoms with Gasteiger partial charge in [-0.05, 0) is 18.6 Å². The summed E-state index contributed by atoms with van der Waals surface area (Å²) in [4.78, 5) is 27.8. The predicted molar refractivity (Wildman–Crippen MR) is 93.2 cm³/mol. The maximum Gasteiger partial charge on any atom is 0.344 e. The van der Waals surface area contributed by atoms with E-state index in [-0.39, 0.29) is 11.6 Å². The van der Waals surface area contributed by atoms with E-state index in [1.54, 1.807) is 12.4 Å². The Morgan fingerprint density at radius 3 is 2.84 bits per heavy atom. The number of hydrogen-bond acceptors (Lipinski definition) is 4. The number of benzene rings is 1. The number of fused-ring (bicyclic) bond motifs is 3. The quantitative estimate of drug-likeness (QED) is 0.598. The van der Waals surface area contributed by atoms with Crippen LogP contribution in [0.3, 0.4) is 0 Å². The van der Waals surface area contributed by atoms with Crippen LogP contribution in [0.25, 0.3) is 28.0 Å². The topological polar surface area (TPSA) is 97.6 Å². The standard InChI is InChI=1S/C17H16N6O2/c1-2-8-18-17(25)23-15-12(10-20-23)14-13(9-19-15)16(24)22(21-14)11-6-4-3-5-7-11/h3-7,9-10,19H,2,8H2,1H3,(H,18,25). The normalized spacial score (nSPS) is 11.2. The number of amides is 1. The molecule has 1 aromatic heterocycles. The lowest BCUT2D eigenvalue weighted by Crippen LogP contribution is -2.30. The Kier molecular flexibility index (Phi) is 3.57. The highest BCUT2D eigenvalue weighted by atomic mass is 16.2. The average Bonchev–Trinajstić information content (AvgIpc) is 3.22. The van der Waals surface area contributed by atoms with Crippen LogP contribution in [0.5, 0.6) is 0 Å². The van der Waals surface area contributed by atoms with Crippen molar-refractivity contribution in [3.63, 3.8) is 0 Å². The molecule has 2 aliphatic heterocycles. The van der Waals surface area contributed by atoms with E-state index in [2.05, 4.69) is 20.5 Å². The van der Waals surface area contributed by atoms with Gasteiger partial charge in [0.15, 0.2) is 0 Å². The number of nitrogens with one attached hydrogen (secondary N) is 2. The maximum atomic E-state index is 12.6. The summed E-state index contributed by atoms with van der Waals surface area (Å²) < 4.78 is 2.60. The summed E-state index contributed by atoms with van der Waals surface area (Å²) in [5.41, 5.74) is 1.92. The molecular weight excluding hydrogens is 320 g/mol. The second-order valence-corrected chi connectivity index (χ2v) is 5.65. The van der Waals surface area contributed by atoms with Crippen LogP contribution in [0.2, 0.25) is 0 Å². The van der Waals surface area contributed by atoms with Crippen molar-refractivity contribution >= 4 is 17.1 Å². The summed E-state index contributed by atoms with van der Waals surface area (Å²) in [6, 6.07) is 8.88. The number of carbonyl (C=O) groups is 1. The van der Waals surface area contributed by atoms with Gasteiger partial charge in [0.1, 0.15) is 11.3 Å². The maximum absolute atomic E-state index is 12.6. The third kappa shape index (κ3) is 2.38. The van der Waals surface area contributed by atoms with E-state index >= 15 is 0 Å². The number of rotatable bonds is 3. The van der Waals surface area contributed by atoms with Gasteiger partial charge in [0.2, 0.25) is 0 Å². The molecule has 126 valence electrons. The fraction of sp³-hybridized carbons (Fsp3) is 0.176. The summed E-state index contributed by atoms with van der Waals surface area (Å²) in [5.74, 6) is 0. The van der Waals surface area contributed by atoms with E-state index in [9.17, 15) is 9.59 Å². The Bertz CT molecular complexity index is 1080. The van der Waals surface area contributed by atoms with E-state index in [4.69, 9.17) is 0 Å². The molecule has 2 aliphatic rings. The van der Waals surface area contributed by atoms with Gasteiger partial charge in [-0.25, -0.2) is 4.79 Å². The second kappa shape index (κ2) is 5.90.